The molecule has 6 heteroatoms. The second-order valence-electron chi connectivity index (χ2n) is 4.22. The number of nitrogens with zero attached hydrogens (tertiary/aromatic N) is 3. The Hall–Kier alpha value is -1.88. The summed E-state index contributed by atoms with van der Waals surface area (Å²) in [7, 11) is 0. The van der Waals surface area contributed by atoms with Gasteiger partial charge in [0.1, 0.15) is 0 Å². The molecule has 0 spiro atoms. The lowest BCUT2D eigenvalue weighted by Crippen LogP contribution is -2.03. The molecule has 0 aliphatic rings. The minimum atomic E-state index is 0.105. The highest BCUT2D eigenvalue weighted by atomic mass is 35.5. The zero-order valence-electron chi connectivity index (χ0n) is 11.6. The molecule has 1 heterocycles. The SMILES string of the molecule is CCCc1ccc(Nc2nc(Cl)nc(OCC)n2)cc1. The molecule has 0 saturated carbocycles. The maximum absolute atomic E-state index is 5.84. The Bertz CT molecular complexity index is 560. The van der Waals surface area contributed by atoms with E-state index in [-0.39, 0.29) is 11.3 Å². The Kier molecular flexibility index (Phi) is 5.12. The number of halogens is 1. The minimum absolute atomic E-state index is 0.105. The third-order valence-electron chi connectivity index (χ3n) is 2.61. The fourth-order valence-electron chi connectivity index (χ4n) is 1.75. The molecule has 2 rings (SSSR count). The van der Waals surface area contributed by atoms with E-state index < -0.39 is 0 Å². The van der Waals surface area contributed by atoms with Crippen LogP contribution in [0, 0.1) is 0 Å². The summed E-state index contributed by atoms with van der Waals surface area (Å²) in [5, 5.41) is 3.19. The van der Waals surface area contributed by atoms with Crippen molar-refractivity contribution in [2.24, 2.45) is 0 Å². The summed E-state index contributed by atoms with van der Waals surface area (Å²) in [5.74, 6) is 0.372. The second kappa shape index (κ2) is 7.05. The Morgan fingerprint density at radius 3 is 2.50 bits per heavy atom. The summed E-state index contributed by atoms with van der Waals surface area (Å²) in [6.45, 7) is 4.50. The van der Waals surface area contributed by atoms with Crippen molar-refractivity contribution in [1.29, 1.82) is 0 Å². The first-order valence-corrected chi connectivity index (χ1v) is 6.99. The quantitative estimate of drug-likeness (QED) is 0.881. The van der Waals surface area contributed by atoms with Gasteiger partial charge in [-0.3, -0.25) is 0 Å². The highest BCUT2D eigenvalue weighted by Crippen LogP contribution is 2.17. The number of ether oxygens (including phenoxy) is 1. The first-order valence-electron chi connectivity index (χ1n) is 6.61. The van der Waals surface area contributed by atoms with Crippen LogP contribution in [0.15, 0.2) is 24.3 Å². The predicted octanol–water partition coefficient (Wildman–Crippen LogP) is 3.62. The summed E-state index contributed by atoms with van der Waals surface area (Å²) in [4.78, 5) is 12.0. The van der Waals surface area contributed by atoms with Crippen molar-refractivity contribution in [2.45, 2.75) is 26.7 Å². The number of hydrogen-bond acceptors (Lipinski definition) is 5. The van der Waals surface area contributed by atoms with Crippen LogP contribution in [-0.4, -0.2) is 21.6 Å². The van der Waals surface area contributed by atoms with Crippen LogP contribution in [0.1, 0.15) is 25.8 Å². The zero-order valence-corrected chi connectivity index (χ0v) is 12.3. The third-order valence-corrected chi connectivity index (χ3v) is 2.78. The number of aromatic nitrogens is 3. The molecule has 0 saturated heterocycles. The highest BCUT2D eigenvalue weighted by Gasteiger charge is 2.06. The third kappa shape index (κ3) is 4.06. The lowest BCUT2D eigenvalue weighted by molar-refractivity contribution is 0.312. The van der Waals surface area contributed by atoms with E-state index in [1.165, 1.54) is 5.56 Å². The van der Waals surface area contributed by atoms with E-state index in [1.54, 1.807) is 0 Å². The van der Waals surface area contributed by atoms with Gasteiger partial charge in [0.25, 0.3) is 0 Å². The van der Waals surface area contributed by atoms with Gasteiger partial charge in [0.2, 0.25) is 11.2 Å². The van der Waals surface area contributed by atoms with Gasteiger partial charge >= 0.3 is 6.01 Å². The van der Waals surface area contributed by atoms with E-state index in [1.807, 2.05) is 19.1 Å². The summed E-state index contributed by atoms with van der Waals surface area (Å²) in [6, 6.07) is 8.36. The van der Waals surface area contributed by atoms with E-state index >= 15 is 0 Å². The molecule has 0 aliphatic heterocycles. The number of anilines is 2. The fraction of sp³-hybridized carbons (Fsp3) is 0.357. The molecule has 0 fully saturated rings. The molecule has 5 nitrogen and oxygen atoms in total. The normalized spacial score (nSPS) is 10.3. The van der Waals surface area contributed by atoms with Gasteiger partial charge in [0.05, 0.1) is 6.61 Å². The molecule has 1 aromatic heterocycles. The fourth-order valence-corrected chi connectivity index (χ4v) is 1.91. The maximum atomic E-state index is 5.84. The van der Waals surface area contributed by atoms with Gasteiger partial charge in [0, 0.05) is 5.69 Å². The van der Waals surface area contributed by atoms with Crippen LogP contribution >= 0.6 is 11.6 Å². The van der Waals surface area contributed by atoms with Crippen molar-refractivity contribution in [2.75, 3.05) is 11.9 Å². The topological polar surface area (TPSA) is 59.9 Å². The van der Waals surface area contributed by atoms with E-state index in [0.717, 1.165) is 18.5 Å². The molecule has 0 radical (unpaired) electrons. The summed E-state index contributed by atoms with van der Waals surface area (Å²) >= 11 is 5.84. The molecule has 20 heavy (non-hydrogen) atoms. The van der Waals surface area contributed by atoms with Crippen LogP contribution in [0.5, 0.6) is 6.01 Å². The van der Waals surface area contributed by atoms with E-state index in [2.05, 4.69) is 39.3 Å². The lowest BCUT2D eigenvalue weighted by atomic mass is 10.1. The smallest absolute Gasteiger partial charge is 0.322 e. The molecule has 0 atom stereocenters. The molecule has 106 valence electrons. The molecule has 0 amide bonds. The Labute approximate surface area is 123 Å². The van der Waals surface area contributed by atoms with Crippen molar-refractivity contribution in [3.8, 4) is 6.01 Å². The zero-order chi connectivity index (χ0) is 14.4. The number of nitrogens with one attached hydrogen (secondary N) is 1. The van der Waals surface area contributed by atoms with Crippen molar-refractivity contribution >= 4 is 23.2 Å². The van der Waals surface area contributed by atoms with Crippen molar-refractivity contribution in [3.05, 3.63) is 35.1 Å². The van der Waals surface area contributed by atoms with Crippen molar-refractivity contribution in [1.82, 2.24) is 15.0 Å². The van der Waals surface area contributed by atoms with Gasteiger partial charge in [-0.1, -0.05) is 25.5 Å². The number of aryl methyl sites for hydroxylation is 1. The molecule has 1 aromatic carbocycles. The van der Waals surface area contributed by atoms with Crippen LogP contribution in [0.3, 0.4) is 0 Å². The van der Waals surface area contributed by atoms with Crippen molar-refractivity contribution in [3.63, 3.8) is 0 Å². The standard InChI is InChI=1S/C14H17ClN4O/c1-3-5-10-6-8-11(9-7-10)16-13-17-12(15)18-14(19-13)20-4-2/h6-9H,3-5H2,1-2H3,(H,16,17,18,19). The minimum Gasteiger partial charge on any atom is -0.464 e. The van der Waals surface area contributed by atoms with E-state index in [4.69, 9.17) is 16.3 Å². The first-order chi connectivity index (χ1) is 9.71. The Morgan fingerprint density at radius 1 is 1.10 bits per heavy atom. The van der Waals surface area contributed by atoms with Gasteiger partial charge < -0.3 is 10.1 Å². The van der Waals surface area contributed by atoms with Gasteiger partial charge in [-0.05, 0) is 42.6 Å². The monoisotopic (exact) mass is 292 g/mol. The average molecular weight is 293 g/mol. The molecule has 0 bridgehead atoms. The number of rotatable bonds is 6. The number of hydrogen-bond donors (Lipinski definition) is 1. The molecular weight excluding hydrogens is 276 g/mol. The largest absolute Gasteiger partial charge is 0.464 e. The van der Waals surface area contributed by atoms with Gasteiger partial charge in [0.15, 0.2) is 0 Å². The molecule has 0 unspecified atom stereocenters. The first kappa shape index (κ1) is 14.5. The van der Waals surface area contributed by atoms with Crippen LogP contribution in [0.25, 0.3) is 0 Å². The van der Waals surface area contributed by atoms with E-state index in [9.17, 15) is 0 Å². The van der Waals surface area contributed by atoms with Gasteiger partial charge in [-0.15, -0.1) is 0 Å². The van der Waals surface area contributed by atoms with E-state index in [0.29, 0.717) is 12.6 Å². The van der Waals surface area contributed by atoms with Gasteiger partial charge in [-0.2, -0.15) is 15.0 Å². The molecule has 1 N–H and O–H groups in total. The Balaban J connectivity index is 2.12. The van der Waals surface area contributed by atoms with Crippen LogP contribution < -0.4 is 10.1 Å². The summed E-state index contributed by atoms with van der Waals surface area (Å²) in [5.41, 5.74) is 2.20. The lowest BCUT2D eigenvalue weighted by Gasteiger charge is -2.07. The highest BCUT2D eigenvalue weighted by molar-refractivity contribution is 6.28. The Morgan fingerprint density at radius 2 is 1.85 bits per heavy atom. The van der Waals surface area contributed by atoms with Crippen molar-refractivity contribution < 1.29 is 4.74 Å². The molecule has 0 aliphatic carbocycles. The van der Waals surface area contributed by atoms with Crippen LogP contribution in [0.2, 0.25) is 5.28 Å². The summed E-state index contributed by atoms with van der Waals surface area (Å²) in [6.07, 6.45) is 2.21. The second-order valence-corrected chi connectivity index (χ2v) is 4.55. The average Bonchev–Trinajstić information content (AvgIpc) is 2.41. The van der Waals surface area contributed by atoms with Crippen LogP contribution in [-0.2, 0) is 6.42 Å². The molecule has 2 aromatic rings. The van der Waals surface area contributed by atoms with Crippen LogP contribution in [0.4, 0.5) is 11.6 Å². The summed E-state index contributed by atoms with van der Waals surface area (Å²) < 4.78 is 5.23. The molecular formula is C14H17ClN4O. The predicted molar refractivity (Wildman–Crippen MR) is 79.7 cm³/mol. The van der Waals surface area contributed by atoms with Gasteiger partial charge in [-0.25, -0.2) is 0 Å². The maximum Gasteiger partial charge on any atom is 0.322 e. The number of benzene rings is 1.